The van der Waals surface area contributed by atoms with Gasteiger partial charge in [-0.15, -0.1) is 0 Å². The molecule has 0 radical (unpaired) electrons. The molecule has 0 fully saturated rings. The molecule has 0 atom stereocenters. The number of anilines is 1. The molecule has 5 nitrogen and oxygen atoms in total. The van der Waals surface area contributed by atoms with E-state index in [4.69, 9.17) is 10.2 Å². The highest BCUT2D eigenvalue weighted by Gasteiger charge is 2.10. The summed E-state index contributed by atoms with van der Waals surface area (Å²) in [5.41, 5.74) is 8.31. The third kappa shape index (κ3) is 3.97. The fourth-order valence-corrected chi connectivity index (χ4v) is 2.71. The predicted octanol–water partition coefficient (Wildman–Crippen LogP) is 3.34. The molecule has 2 aromatic carbocycles. The average molecular weight is 341 g/mol. The number of fused-ring (bicyclic) bond motifs is 1. The first-order valence-corrected chi connectivity index (χ1v) is 7.91. The van der Waals surface area contributed by atoms with Gasteiger partial charge in [-0.25, -0.2) is 4.39 Å². The lowest BCUT2D eigenvalue weighted by molar-refractivity contribution is 0.100. The monoisotopic (exact) mass is 341 g/mol. The number of rotatable bonds is 6. The third-order valence-corrected chi connectivity index (χ3v) is 3.86. The molecule has 0 unspecified atom stereocenters. The Morgan fingerprint density at radius 1 is 1.20 bits per heavy atom. The maximum Gasteiger partial charge on any atom is 0.248 e. The molecular formula is C19H20FN3O2. The molecule has 0 aliphatic heterocycles. The summed E-state index contributed by atoms with van der Waals surface area (Å²) in [4.78, 5) is 13.5. The molecule has 3 aromatic rings. The lowest BCUT2D eigenvalue weighted by Gasteiger charge is -2.16. The van der Waals surface area contributed by atoms with Gasteiger partial charge in [-0.05, 0) is 56.1 Å². The number of carbonyl (C=O) groups excluding carboxylic acids is 1. The van der Waals surface area contributed by atoms with Gasteiger partial charge >= 0.3 is 0 Å². The molecule has 6 heteroatoms. The Kier molecular flexibility index (Phi) is 4.72. The molecule has 0 saturated carbocycles. The van der Waals surface area contributed by atoms with Crippen LogP contribution in [0.3, 0.4) is 0 Å². The van der Waals surface area contributed by atoms with Crippen LogP contribution in [0.5, 0.6) is 0 Å². The lowest BCUT2D eigenvalue weighted by Crippen LogP contribution is -2.15. The Morgan fingerprint density at radius 2 is 2.00 bits per heavy atom. The summed E-state index contributed by atoms with van der Waals surface area (Å²) < 4.78 is 19.0. The van der Waals surface area contributed by atoms with Crippen LogP contribution in [-0.2, 0) is 13.1 Å². The maximum atomic E-state index is 13.3. The number of primary amides is 1. The minimum Gasteiger partial charge on any atom is -0.459 e. The second kappa shape index (κ2) is 6.94. The Bertz CT molecular complexity index is 918. The predicted molar refractivity (Wildman–Crippen MR) is 95.8 cm³/mol. The summed E-state index contributed by atoms with van der Waals surface area (Å²) in [5.74, 6) is -0.0882. The van der Waals surface area contributed by atoms with E-state index in [1.165, 1.54) is 12.1 Å². The van der Waals surface area contributed by atoms with Crippen LogP contribution < -0.4 is 11.1 Å². The van der Waals surface area contributed by atoms with Crippen LogP contribution in [0.25, 0.3) is 11.0 Å². The zero-order valence-electron chi connectivity index (χ0n) is 14.2. The van der Waals surface area contributed by atoms with Gasteiger partial charge in [0.2, 0.25) is 5.91 Å². The number of nitrogens with two attached hydrogens (primary N) is 1. The smallest absolute Gasteiger partial charge is 0.248 e. The number of furan rings is 1. The van der Waals surface area contributed by atoms with Crippen LogP contribution in [-0.4, -0.2) is 24.9 Å². The van der Waals surface area contributed by atoms with E-state index >= 15 is 0 Å². The largest absolute Gasteiger partial charge is 0.459 e. The van der Waals surface area contributed by atoms with Gasteiger partial charge in [-0.3, -0.25) is 4.79 Å². The number of hydrogen-bond acceptors (Lipinski definition) is 4. The lowest BCUT2D eigenvalue weighted by atomic mass is 10.1. The maximum absolute atomic E-state index is 13.3. The van der Waals surface area contributed by atoms with Gasteiger partial charge in [0.15, 0.2) is 0 Å². The second-order valence-corrected chi connectivity index (χ2v) is 6.22. The van der Waals surface area contributed by atoms with Crippen molar-refractivity contribution in [2.75, 3.05) is 19.4 Å². The van der Waals surface area contributed by atoms with Gasteiger partial charge in [0, 0.05) is 23.2 Å². The fraction of sp³-hybridized carbons (Fsp3) is 0.211. The van der Waals surface area contributed by atoms with Crippen molar-refractivity contribution in [2.24, 2.45) is 5.73 Å². The number of halogens is 1. The first-order valence-electron chi connectivity index (χ1n) is 7.91. The van der Waals surface area contributed by atoms with Crippen LogP contribution in [0, 0.1) is 5.82 Å². The topological polar surface area (TPSA) is 71.5 Å². The molecule has 0 bridgehead atoms. The first kappa shape index (κ1) is 17.0. The molecular weight excluding hydrogens is 321 g/mol. The molecule has 130 valence electrons. The second-order valence-electron chi connectivity index (χ2n) is 6.22. The number of hydrogen-bond donors (Lipinski definition) is 2. The van der Waals surface area contributed by atoms with E-state index in [0.717, 1.165) is 16.6 Å². The van der Waals surface area contributed by atoms with Crippen LogP contribution in [0.1, 0.15) is 21.7 Å². The molecule has 3 N–H and O–H groups in total. The van der Waals surface area contributed by atoms with Crippen molar-refractivity contribution in [3.8, 4) is 0 Å². The van der Waals surface area contributed by atoms with Gasteiger partial charge < -0.3 is 20.4 Å². The number of carbonyl (C=O) groups is 1. The van der Waals surface area contributed by atoms with Crippen molar-refractivity contribution in [3.05, 3.63) is 65.2 Å². The van der Waals surface area contributed by atoms with Gasteiger partial charge in [0.05, 0.1) is 6.54 Å². The number of benzene rings is 2. The summed E-state index contributed by atoms with van der Waals surface area (Å²) in [5, 5.41) is 4.00. The molecule has 1 aromatic heterocycles. The van der Waals surface area contributed by atoms with Gasteiger partial charge in [0.1, 0.15) is 17.2 Å². The van der Waals surface area contributed by atoms with Crippen molar-refractivity contribution < 1.29 is 13.6 Å². The number of amides is 1. The molecule has 0 aliphatic rings. The molecule has 1 amide bonds. The minimum absolute atomic E-state index is 0.296. The SMILES string of the molecule is CN(C)Cc1ccc(C(N)=O)cc1NCc1cc2cc(F)ccc2o1. The summed E-state index contributed by atoms with van der Waals surface area (Å²) in [6.07, 6.45) is 0. The van der Waals surface area contributed by atoms with Gasteiger partial charge in [-0.2, -0.15) is 0 Å². The van der Waals surface area contributed by atoms with E-state index < -0.39 is 5.91 Å². The van der Waals surface area contributed by atoms with Crippen molar-refractivity contribution in [3.63, 3.8) is 0 Å². The highest BCUT2D eigenvalue weighted by atomic mass is 19.1. The molecule has 25 heavy (non-hydrogen) atoms. The standard InChI is InChI=1S/C19H20FN3O2/c1-23(2)11-13-4-3-12(19(21)24)9-17(13)22-10-16-8-14-7-15(20)5-6-18(14)25-16/h3-9,22H,10-11H2,1-2H3,(H2,21,24). The molecule has 1 heterocycles. The van der Waals surface area contributed by atoms with Crippen molar-refractivity contribution in [1.82, 2.24) is 4.90 Å². The van der Waals surface area contributed by atoms with Crippen LogP contribution in [0.4, 0.5) is 10.1 Å². The molecule has 0 spiro atoms. The van der Waals surface area contributed by atoms with Crippen molar-refractivity contribution in [2.45, 2.75) is 13.1 Å². The van der Waals surface area contributed by atoms with E-state index in [1.807, 2.05) is 25.1 Å². The van der Waals surface area contributed by atoms with Crippen molar-refractivity contribution >= 4 is 22.6 Å². The van der Waals surface area contributed by atoms with E-state index in [1.54, 1.807) is 24.3 Å². The van der Waals surface area contributed by atoms with Crippen LogP contribution in [0.2, 0.25) is 0 Å². The Labute approximate surface area is 145 Å². The van der Waals surface area contributed by atoms with Crippen molar-refractivity contribution in [1.29, 1.82) is 0 Å². The number of nitrogens with one attached hydrogen (secondary N) is 1. The average Bonchev–Trinajstić information content (AvgIpc) is 2.95. The highest BCUT2D eigenvalue weighted by Crippen LogP contribution is 2.23. The summed E-state index contributed by atoms with van der Waals surface area (Å²) >= 11 is 0. The summed E-state index contributed by atoms with van der Waals surface area (Å²) in [6.45, 7) is 1.13. The minimum atomic E-state index is -0.473. The normalized spacial score (nSPS) is 11.2. The third-order valence-electron chi connectivity index (χ3n) is 3.86. The van der Waals surface area contributed by atoms with Crippen LogP contribution in [0.15, 0.2) is 46.9 Å². The zero-order chi connectivity index (χ0) is 18.0. The summed E-state index contributed by atoms with van der Waals surface area (Å²) in [6, 6.07) is 11.6. The van der Waals surface area contributed by atoms with E-state index in [2.05, 4.69) is 5.32 Å². The van der Waals surface area contributed by atoms with E-state index in [-0.39, 0.29) is 5.82 Å². The molecule has 3 rings (SSSR count). The van der Waals surface area contributed by atoms with Gasteiger partial charge in [0.25, 0.3) is 0 Å². The molecule has 0 aliphatic carbocycles. The first-order chi connectivity index (χ1) is 11.9. The fourth-order valence-electron chi connectivity index (χ4n) is 2.71. The van der Waals surface area contributed by atoms with Crippen LogP contribution >= 0.6 is 0 Å². The van der Waals surface area contributed by atoms with E-state index in [0.29, 0.717) is 30.0 Å². The quantitative estimate of drug-likeness (QED) is 0.721. The Balaban J connectivity index is 1.84. The zero-order valence-corrected chi connectivity index (χ0v) is 14.2. The Morgan fingerprint density at radius 3 is 2.72 bits per heavy atom. The Hall–Kier alpha value is -2.86. The van der Waals surface area contributed by atoms with Gasteiger partial charge in [-0.1, -0.05) is 6.07 Å². The number of nitrogens with zero attached hydrogens (tertiary/aromatic N) is 1. The molecule has 0 saturated heterocycles. The highest BCUT2D eigenvalue weighted by molar-refractivity contribution is 5.94. The summed E-state index contributed by atoms with van der Waals surface area (Å²) in [7, 11) is 3.94. The van der Waals surface area contributed by atoms with E-state index in [9.17, 15) is 9.18 Å².